The smallest absolute Gasteiger partial charge is 0.307 e. The number of carboxylic acids is 1. The molecule has 0 radical (unpaired) electrons. The number of carboxylic acid groups (broad SMARTS) is 1. The van der Waals surface area contributed by atoms with Crippen molar-refractivity contribution in [1.29, 1.82) is 0 Å². The molecule has 1 aromatic rings. The third kappa shape index (κ3) is 5.45. The van der Waals surface area contributed by atoms with E-state index in [4.69, 9.17) is 20.3 Å². The highest BCUT2D eigenvalue weighted by atomic mass is 79.9. The summed E-state index contributed by atoms with van der Waals surface area (Å²) in [7, 11) is 0. The minimum Gasteiger partial charge on any atom is -0.481 e. The van der Waals surface area contributed by atoms with E-state index in [1.165, 1.54) is 5.57 Å². The zero-order chi connectivity index (χ0) is 35.9. The predicted octanol–water partition coefficient (Wildman–Crippen LogP) is 7.43. The van der Waals surface area contributed by atoms with E-state index >= 15 is 0 Å². The summed E-state index contributed by atoms with van der Waals surface area (Å²) in [5.41, 5.74) is 5.97. The summed E-state index contributed by atoms with van der Waals surface area (Å²) in [4.78, 5) is 17.9. The Kier molecular flexibility index (Phi) is 9.67. The fraction of sp³-hybridized carbons (Fsp3) is 0.872. The number of fused-ring (bicyclic) bond motifs is 5. The van der Waals surface area contributed by atoms with Crippen molar-refractivity contribution in [2.45, 2.75) is 137 Å². The normalized spacial score (nSPS) is 42.7. The molecule has 0 spiro atoms. The molecule has 9 nitrogen and oxygen atoms in total. The minimum atomic E-state index is -0.656. The van der Waals surface area contributed by atoms with Gasteiger partial charge in [-0.05, 0) is 120 Å². The molecule has 1 saturated heterocycles. The van der Waals surface area contributed by atoms with Gasteiger partial charge in [0.1, 0.15) is 6.33 Å². The second-order valence-corrected chi connectivity index (χ2v) is 19.4. The van der Waals surface area contributed by atoms with Crippen LogP contribution in [-0.2, 0) is 14.3 Å². The number of aliphatic carboxylic acids is 1. The SMILES string of the molecule is CC(C)[C@@H](C)[C@@]1(C)CC[C@]2(C)[C@H]3CC[C@H]4C(C)(C)[C@@H](OCC5(N)CCOCC5)[C@H](n5ncnc5Br)C[C@]4([C@H](C)O)C3=CC[C@@]2(C)[C@@H]1C(=O)O. The Bertz CT molecular complexity index is 1440. The highest BCUT2D eigenvalue weighted by Gasteiger charge is 2.71. The predicted molar refractivity (Wildman–Crippen MR) is 194 cm³/mol. The molecule has 1 aromatic heterocycles. The van der Waals surface area contributed by atoms with Crippen molar-refractivity contribution in [3.8, 4) is 0 Å². The second-order valence-electron chi connectivity index (χ2n) is 18.7. The van der Waals surface area contributed by atoms with Crippen molar-refractivity contribution < 1.29 is 24.5 Å². The van der Waals surface area contributed by atoms with Crippen molar-refractivity contribution >= 4 is 21.9 Å². The Morgan fingerprint density at radius 3 is 2.33 bits per heavy atom. The average Bonchev–Trinajstić information content (AvgIpc) is 3.45. The van der Waals surface area contributed by atoms with E-state index < -0.39 is 34.4 Å². The van der Waals surface area contributed by atoms with E-state index in [1.54, 1.807) is 6.33 Å². The molecule has 4 aliphatic carbocycles. The molecular weight excluding hydrogens is 684 g/mol. The fourth-order valence-corrected chi connectivity index (χ4v) is 13.1. The largest absolute Gasteiger partial charge is 0.481 e. The summed E-state index contributed by atoms with van der Waals surface area (Å²) < 4.78 is 15.2. The van der Waals surface area contributed by atoms with Gasteiger partial charge in [0.05, 0.1) is 30.8 Å². The molecule has 6 rings (SSSR count). The number of aliphatic hydroxyl groups excluding tert-OH is 1. The van der Waals surface area contributed by atoms with Gasteiger partial charge in [0, 0.05) is 24.2 Å². The van der Waals surface area contributed by atoms with Crippen molar-refractivity contribution in [2.24, 2.45) is 62.4 Å². The van der Waals surface area contributed by atoms with E-state index in [1.807, 2.05) is 11.6 Å². The molecule has 276 valence electrons. The van der Waals surface area contributed by atoms with Crippen LogP contribution in [0.15, 0.2) is 22.7 Å². The Morgan fingerprint density at radius 2 is 1.76 bits per heavy atom. The molecule has 3 saturated carbocycles. The third-order valence-electron chi connectivity index (χ3n) is 16.0. The minimum absolute atomic E-state index is 0.146. The molecule has 0 aromatic carbocycles. The van der Waals surface area contributed by atoms with Crippen molar-refractivity contribution in [2.75, 3.05) is 19.8 Å². The lowest BCUT2D eigenvalue weighted by molar-refractivity contribution is -0.216. The van der Waals surface area contributed by atoms with Crippen LogP contribution in [0.2, 0.25) is 0 Å². The molecule has 0 bridgehead atoms. The molecule has 0 unspecified atom stereocenters. The van der Waals surface area contributed by atoms with Crippen LogP contribution in [-0.4, -0.2) is 68.5 Å². The van der Waals surface area contributed by atoms with Gasteiger partial charge in [0.15, 0.2) is 4.73 Å². The fourth-order valence-electron chi connectivity index (χ4n) is 12.7. The van der Waals surface area contributed by atoms with Crippen LogP contribution >= 0.6 is 15.9 Å². The van der Waals surface area contributed by atoms with Gasteiger partial charge in [-0.1, -0.05) is 67.0 Å². The van der Waals surface area contributed by atoms with Gasteiger partial charge in [-0.3, -0.25) is 4.79 Å². The summed E-state index contributed by atoms with van der Waals surface area (Å²) >= 11 is 3.69. The Labute approximate surface area is 302 Å². The number of hydrogen-bond donors (Lipinski definition) is 3. The second kappa shape index (κ2) is 12.7. The van der Waals surface area contributed by atoms with Crippen LogP contribution in [0, 0.1) is 56.7 Å². The zero-order valence-electron chi connectivity index (χ0n) is 31.5. The number of aromatic nitrogens is 3. The monoisotopic (exact) mass is 746 g/mol. The van der Waals surface area contributed by atoms with Crippen molar-refractivity contribution in [1.82, 2.24) is 14.8 Å². The number of rotatable bonds is 8. The van der Waals surface area contributed by atoms with Crippen LogP contribution in [0.25, 0.3) is 0 Å². The maximum Gasteiger partial charge on any atom is 0.307 e. The first-order chi connectivity index (χ1) is 22.8. The first-order valence-electron chi connectivity index (χ1n) is 18.9. The lowest BCUT2D eigenvalue weighted by Crippen LogP contribution is -2.67. The molecule has 1 aliphatic heterocycles. The number of hydrogen-bond acceptors (Lipinski definition) is 7. The first kappa shape index (κ1) is 37.4. The van der Waals surface area contributed by atoms with Crippen LogP contribution < -0.4 is 5.73 Å². The van der Waals surface area contributed by atoms with E-state index in [-0.39, 0.29) is 46.1 Å². The quantitative estimate of drug-likeness (QED) is 0.234. The van der Waals surface area contributed by atoms with Gasteiger partial charge in [-0.15, -0.1) is 0 Å². The lowest BCUT2D eigenvalue weighted by Gasteiger charge is -2.70. The van der Waals surface area contributed by atoms with Gasteiger partial charge in [-0.2, -0.15) is 5.10 Å². The summed E-state index contributed by atoms with van der Waals surface area (Å²) in [6.07, 6.45) is 9.84. The van der Waals surface area contributed by atoms with Crippen LogP contribution in [0.3, 0.4) is 0 Å². The van der Waals surface area contributed by atoms with Crippen molar-refractivity contribution in [3.05, 3.63) is 22.7 Å². The van der Waals surface area contributed by atoms with Crippen molar-refractivity contribution in [3.63, 3.8) is 0 Å². The van der Waals surface area contributed by atoms with Gasteiger partial charge in [-0.25, -0.2) is 9.67 Å². The highest BCUT2D eigenvalue weighted by Crippen LogP contribution is 2.75. The van der Waals surface area contributed by atoms with E-state index in [0.29, 0.717) is 43.3 Å². The van der Waals surface area contributed by atoms with E-state index in [0.717, 1.165) is 38.5 Å². The molecule has 0 amide bonds. The van der Waals surface area contributed by atoms with Gasteiger partial charge in [0.2, 0.25) is 0 Å². The van der Waals surface area contributed by atoms with Gasteiger partial charge < -0.3 is 25.4 Å². The number of ether oxygens (including phenoxy) is 2. The number of carbonyl (C=O) groups is 1. The van der Waals surface area contributed by atoms with Crippen LogP contribution in [0.5, 0.6) is 0 Å². The van der Waals surface area contributed by atoms with Gasteiger partial charge in [0.25, 0.3) is 0 Å². The topological polar surface area (TPSA) is 133 Å². The van der Waals surface area contributed by atoms with Gasteiger partial charge >= 0.3 is 5.97 Å². The first-order valence-corrected chi connectivity index (χ1v) is 19.7. The number of halogens is 1. The summed E-state index contributed by atoms with van der Waals surface area (Å²) in [5, 5.41) is 28.0. The molecule has 10 heteroatoms. The molecule has 2 heterocycles. The lowest BCUT2D eigenvalue weighted by atomic mass is 9.34. The summed E-state index contributed by atoms with van der Waals surface area (Å²) in [5.74, 6) is -0.102. The number of allylic oxidation sites excluding steroid dienone is 1. The maximum absolute atomic E-state index is 13.5. The Hall–Kier alpha value is -1.33. The molecular formula is C39H63BrN4O5. The standard InChI is InChI=1S/C39H63BrN4O5/c1-23(2)24(3)35(7)14-15-36(8)26-10-11-29-34(5,6)31(49-21-38(41)16-18-48-19-17-38)28(44-33(40)42-22-43-44)20-39(29,25(4)45)27(26)12-13-37(36,9)30(35)32(46)47/h12,22-26,28-31,45H,10-11,13-21,41H2,1-9H3,(H,46,47)/t24-,25+,26+,28-,29+,30-,31+,35-,36-,37+,39+/m1/s1. The summed E-state index contributed by atoms with van der Waals surface area (Å²) in [6, 6.07) is -0.199. The molecule has 4 fully saturated rings. The number of nitrogens with two attached hydrogens (primary N) is 1. The summed E-state index contributed by atoms with van der Waals surface area (Å²) in [6.45, 7) is 22.0. The number of aliphatic hydroxyl groups is 1. The third-order valence-corrected chi connectivity index (χ3v) is 16.6. The highest BCUT2D eigenvalue weighted by molar-refractivity contribution is 9.10. The Balaban J connectivity index is 1.45. The number of nitrogens with zero attached hydrogens (tertiary/aromatic N) is 3. The maximum atomic E-state index is 13.5. The molecule has 5 aliphatic rings. The molecule has 4 N–H and O–H groups in total. The van der Waals surface area contributed by atoms with E-state index in [2.05, 4.69) is 82.4 Å². The molecule has 11 atom stereocenters. The Morgan fingerprint density at radius 1 is 1.08 bits per heavy atom. The molecule has 49 heavy (non-hydrogen) atoms. The van der Waals surface area contributed by atoms with Crippen LogP contribution in [0.1, 0.15) is 120 Å². The van der Waals surface area contributed by atoms with E-state index in [9.17, 15) is 15.0 Å². The average molecular weight is 748 g/mol. The zero-order valence-corrected chi connectivity index (χ0v) is 33.1. The van der Waals surface area contributed by atoms with Crippen LogP contribution in [0.4, 0.5) is 0 Å².